The maximum absolute atomic E-state index is 5.93. The summed E-state index contributed by atoms with van der Waals surface area (Å²) < 4.78 is 13.0. The molecule has 136 valence electrons. The third-order valence-corrected chi connectivity index (χ3v) is 5.11. The highest BCUT2D eigenvalue weighted by Gasteiger charge is 2.12. The van der Waals surface area contributed by atoms with E-state index in [1.807, 2.05) is 48.5 Å². The van der Waals surface area contributed by atoms with Gasteiger partial charge in [0.2, 0.25) is 0 Å². The van der Waals surface area contributed by atoms with Crippen molar-refractivity contribution in [3.8, 4) is 11.5 Å². The van der Waals surface area contributed by atoms with Crippen LogP contribution in [0.2, 0.25) is 5.02 Å². The van der Waals surface area contributed by atoms with Crippen LogP contribution in [0.15, 0.2) is 53.7 Å². The molecule has 0 N–H and O–H groups in total. The number of hydrogen-bond acceptors (Lipinski definition) is 5. The van der Waals surface area contributed by atoms with Gasteiger partial charge in [0.25, 0.3) is 0 Å². The average molecular weight is 390 g/mol. The molecular formula is C19H20ClN3O2S. The summed E-state index contributed by atoms with van der Waals surface area (Å²) >= 11 is 7.58. The van der Waals surface area contributed by atoms with Crippen LogP contribution >= 0.6 is 23.4 Å². The second kappa shape index (κ2) is 8.96. The van der Waals surface area contributed by atoms with Crippen molar-refractivity contribution < 1.29 is 9.47 Å². The maximum atomic E-state index is 5.93. The zero-order valence-corrected chi connectivity index (χ0v) is 16.3. The number of halogens is 1. The molecule has 1 heterocycles. The lowest BCUT2D eigenvalue weighted by atomic mass is 10.2. The lowest BCUT2D eigenvalue weighted by molar-refractivity contribution is 0.287. The van der Waals surface area contributed by atoms with E-state index >= 15 is 0 Å². The standard InChI is InChI=1S/C19H20ClN3O2S/c1-3-23-18(12-25-17-10-8-16(24-2)9-11-17)21-22-19(23)26-13-14-4-6-15(20)7-5-14/h4-11H,3,12-13H2,1-2H3. The van der Waals surface area contributed by atoms with Crippen LogP contribution in [-0.4, -0.2) is 21.9 Å². The second-order valence-corrected chi connectivity index (χ2v) is 6.90. The van der Waals surface area contributed by atoms with E-state index in [0.717, 1.165) is 39.8 Å². The van der Waals surface area contributed by atoms with E-state index in [-0.39, 0.29) is 0 Å². The number of ether oxygens (including phenoxy) is 2. The summed E-state index contributed by atoms with van der Waals surface area (Å²) in [4.78, 5) is 0. The quantitative estimate of drug-likeness (QED) is 0.516. The summed E-state index contributed by atoms with van der Waals surface area (Å²) in [5.41, 5.74) is 1.20. The Kier molecular flexibility index (Phi) is 6.41. The van der Waals surface area contributed by atoms with Gasteiger partial charge in [-0.05, 0) is 48.9 Å². The predicted octanol–water partition coefficient (Wildman–Crippen LogP) is 4.83. The molecule has 0 radical (unpaired) electrons. The van der Waals surface area contributed by atoms with Gasteiger partial charge in [0.1, 0.15) is 18.1 Å². The highest BCUT2D eigenvalue weighted by molar-refractivity contribution is 7.98. The van der Waals surface area contributed by atoms with Crippen LogP contribution in [0.1, 0.15) is 18.3 Å². The fourth-order valence-corrected chi connectivity index (χ4v) is 3.50. The highest BCUT2D eigenvalue weighted by Crippen LogP contribution is 2.24. The first-order valence-corrected chi connectivity index (χ1v) is 9.62. The Morgan fingerprint density at radius 1 is 1.00 bits per heavy atom. The zero-order valence-electron chi connectivity index (χ0n) is 14.7. The smallest absolute Gasteiger partial charge is 0.191 e. The molecule has 0 saturated carbocycles. The molecule has 0 saturated heterocycles. The van der Waals surface area contributed by atoms with Gasteiger partial charge < -0.3 is 14.0 Å². The van der Waals surface area contributed by atoms with Crippen LogP contribution < -0.4 is 9.47 Å². The summed E-state index contributed by atoms with van der Waals surface area (Å²) in [5.74, 6) is 3.19. The van der Waals surface area contributed by atoms with Crippen LogP contribution in [-0.2, 0) is 18.9 Å². The molecule has 1 aromatic heterocycles. The molecule has 2 aromatic carbocycles. The van der Waals surface area contributed by atoms with E-state index in [4.69, 9.17) is 21.1 Å². The van der Waals surface area contributed by atoms with Crippen molar-refractivity contribution in [1.82, 2.24) is 14.8 Å². The zero-order chi connectivity index (χ0) is 18.4. The Bertz CT molecular complexity index is 835. The molecule has 0 aliphatic rings. The summed E-state index contributed by atoms with van der Waals surface area (Å²) in [5, 5.41) is 10.2. The largest absolute Gasteiger partial charge is 0.497 e. The number of methoxy groups -OCH3 is 1. The number of hydrogen-bond donors (Lipinski definition) is 0. The van der Waals surface area contributed by atoms with Gasteiger partial charge in [-0.25, -0.2) is 0 Å². The monoisotopic (exact) mass is 389 g/mol. The molecule has 3 rings (SSSR count). The fourth-order valence-electron chi connectivity index (χ4n) is 2.40. The van der Waals surface area contributed by atoms with Gasteiger partial charge in [0.05, 0.1) is 7.11 Å². The Labute approximate surface area is 162 Å². The van der Waals surface area contributed by atoms with Gasteiger partial charge >= 0.3 is 0 Å². The first-order chi connectivity index (χ1) is 12.7. The molecule has 5 nitrogen and oxygen atoms in total. The number of benzene rings is 2. The van der Waals surface area contributed by atoms with E-state index in [1.165, 1.54) is 5.56 Å². The molecule has 0 amide bonds. The van der Waals surface area contributed by atoms with Crippen LogP contribution in [0.25, 0.3) is 0 Å². The van der Waals surface area contributed by atoms with E-state index < -0.39 is 0 Å². The van der Waals surface area contributed by atoms with Gasteiger partial charge in [-0.2, -0.15) is 0 Å². The minimum Gasteiger partial charge on any atom is -0.497 e. The SMILES string of the molecule is CCn1c(COc2ccc(OC)cc2)nnc1SCc1ccc(Cl)cc1. The van der Waals surface area contributed by atoms with Gasteiger partial charge in [0, 0.05) is 17.3 Å². The van der Waals surface area contributed by atoms with Crippen molar-refractivity contribution in [2.75, 3.05) is 7.11 Å². The summed E-state index contributed by atoms with van der Waals surface area (Å²) in [6, 6.07) is 15.3. The van der Waals surface area contributed by atoms with Crippen molar-refractivity contribution in [3.63, 3.8) is 0 Å². The molecule has 7 heteroatoms. The molecular weight excluding hydrogens is 370 g/mol. The average Bonchev–Trinajstić information content (AvgIpc) is 3.08. The summed E-state index contributed by atoms with van der Waals surface area (Å²) in [6.07, 6.45) is 0. The molecule has 0 spiro atoms. The second-order valence-electron chi connectivity index (χ2n) is 5.52. The van der Waals surface area contributed by atoms with Gasteiger partial charge in [-0.3, -0.25) is 0 Å². The fraction of sp³-hybridized carbons (Fsp3) is 0.263. The number of aromatic nitrogens is 3. The Morgan fingerprint density at radius 3 is 2.35 bits per heavy atom. The number of nitrogens with zero attached hydrogens (tertiary/aromatic N) is 3. The number of rotatable bonds is 8. The molecule has 0 aliphatic carbocycles. The van der Waals surface area contributed by atoms with Crippen LogP contribution in [0.3, 0.4) is 0 Å². The number of thioether (sulfide) groups is 1. The van der Waals surface area contributed by atoms with Crippen molar-refractivity contribution in [2.45, 2.75) is 31.0 Å². The van der Waals surface area contributed by atoms with Crippen molar-refractivity contribution >= 4 is 23.4 Å². The first kappa shape index (κ1) is 18.6. The third-order valence-electron chi connectivity index (χ3n) is 3.82. The lowest BCUT2D eigenvalue weighted by Crippen LogP contribution is -2.07. The molecule has 0 bridgehead atoms. The Morgan fingerprint density at radius 2 is 1.69 bits per heavy atom. The van der Waals surface area contributed by atoms with E-state index in [9.17, 15) is 0 Å². The van der Waals surface area contributed by atoms with Crippen molar-refractivity contribution in [1.29, 1.82) is 0 Å². The third kappa shape index (κ3) is 4.71. The first-order valence-electron chi connectivity index (χ1n) is 8.25. The Hall–Kier alpha value is -2.18. The summed E-state index contributed by atoms with van der Waals surface area (Å²) in [6.45, 7) is 3.23. The molecule has 3 aromatic rings. The van der Waals surface area contributed by atoms with E-state index in [0.29, 0.717) is 6.61 Å². The van der Waals surface area contributed by atoms with Crippen LogP contribution in [0, 0.1) is 0 Å². The molecule has 0 aliphatic heterocycles. The topological polar surface area (TPSA) is 49.2 Å². The maximum Gasteiger partial charge on any atom is 0.191 e. The molecule has 0 atom stereocenters. The lowest BCUT2D eigenvalue weighted by Gasteiger charge is -2.09. The van der Waals surface area contributed by atoms with Crippen LogP contribution in [0.4, 0.5) is 0 Å². The van der Waals surface area contributed by atoms with Crippen molar-refractivity contribution in [2.24, 2.45) is 0 Å². The molecule has 26 heavy (non-hydrogen) atoms. The Balaban J connectivity index is 1.62. The summed E-state index contributed by atoms with van der Waals surface area (Å²) in [7, 11) is 1.64. The van der Waals surface area contributed by atoms with E-state index in [2.05, 4.69) is 21.7 Å². The van der Waals surface area contributed by atoms with Crippen LogP contribution in [0.5, 0.6) is 11.5 Å². The van der Waals surface area contributed by atoms with Gasteiger partial charge in [0.15, 0.2) is 11.0 Å². The van der Waals surface area contributed by atoms with Crippen molar-refractivity contribution in [3.05, 3.63) is 64.9 Å². The minimum atomic E-state index is 0.370. The predicted molar refractivity (Wildman–Crippen MR) is 104 cm³/mol. The highest BCUT2D eigenvalue weighted by atomic mass is 35.5. The minimum absolute atomic E-state index is 0.370. The molecule has 0 fully saturated rings. The van der Waals surface area contributed by atoms with Gasteiger partial charge in [-0.1, -0.05) is 35.5 Å². The van der Waals surface area contributed by atoms with E-state index in [1.54, 1.807) is 18.9 Å². The molecule has 0 unspecified atom stereocenters. The normalized spacial score (nSPS) is 10.7. The van der Waals surface area contributed by atoms with Gasteiger partial charge in [-0.15, -0.1) is 10.2 Å².